The van der Waals surface area contributed by atoms with Crippen molar-refractivity contribution in [1.82, 2.24) is 4.90 Å². The van der Waals surface area contributed by atoms with Gasteiger partial charge in [-0.2, -0.15) is 0 Å². The molecule has 2 aliphatic heterocycles. The molecule has 0 bridgehead atoms. The van der Waals surface area contributed by atoms with Crippen LogP contribution in [0.3, 0.4) is 0 Å². The molecule has 1 atom stereocenters. The number of likely N-dealkylation sites (tertiary alicyclic amines) is 1. The Morgan fingerprint density at radius 1 is 1.10 bits per heavy atom. The predicted octanol–water partition coefficient (Wildman–Crippen LogP) is 2.31. The van der Waals surface area contributed by atoms with Gasteiger partial charge in [0.1, 0.15) is 0 Å². The average molecular weight is 296 g/mol. The second-order valence-corrected chi connectivity index (χ2v) is 7.13. The fourth-order valence-electron chi connectivity index (χ4n) is 4.50. The van der Waals surface area contributed by atoms with Gasteiger partial charge in [0.05, 0.1) is 18.3 Å². The molecule has 3 aliphatic rings. The van der Waals surface area contributed by atoms with E-state index in [1.54, 1.807) is 0 Å². The maximum absolute atomic E-state index is 6.24. The molecule has 122 valence electrons. The normalized spacial score (nSPS) is 31.6. The lowest BCUT2D eigenvalue weighted by Gasteiger charge is -2.48. The van der Waals surface area contributed by atoms with Crippen LogP contribution in [0, 0.1) is 0 Å². The third kappa shape index (κ3) is 3.98. The summed E-state index contributed by atoms with van der Waals surface area (Å²) < 4.78 is 12.0. The molecule has 0 aromatic rings. The summed E-state index contributed by atoms with van der Waals surface area (Å²) in [5.74, 6) is 0. The monoisotopic (exact) mass is 296 g/mol. The minimum atomic E-state index is 0.230. The van der Waals surface area contributed by atoms with Crippen molar-refractivity contribution in [2.45, 2.75) is 75.5 Å². The van der Waals surface area contributed by atoms with Crippen LogP contribution in [-0.2, 0) is 9.47 Å². The molecule has 21 heavy (non-hydrogen) atoms. The second-order valence-electron chi connectivity index (χ2n) is 7.13. The van der Waals surface area contributed by atoms with E-state index in [0.717, 1.165) is 12.6 Å². The zero-order chi connectivity index (χ0) is 14.5. The number of nitrogens with two attached hydrogens (primary N) is 1. The largest absolute Gasteiger partial charge is 0.377 e. The van der Waals surface area contributed by atoms with Crippen molar-refractivity contribution in [2.24, 2.45) is 5.73 Å². The van der Waals surface area contributed by atoms with E-state index in [4.69, 9.17) is 15.2 Å². The van der Waals surface area contributed by atoms with E-state index in [2.05, 4.69) is 4.90 Å². The van der Waals surface area contributed by atoms with Crippen LogP contribution in [0.25, 0.3) is 0 Å². The molecule has 1 saturated carbocycles. The lowest BCUT2D eigenvalue weighted by Crippen LogP contribution is -2.52. The standard InChI is InChI=1S/C17H32N2O2/c18-9-13-20-16-4-10-19(11-5-16)15-6-12-21-17(14-15)7-2-1-3-8-17/h15-16H,1-14,18H2. The Labute approximate surface area is 129 Å². The van der Waals surface area contributed by atoms with Crippen molar-refractivity contribution < 1.29 is 9.47 Å². The van der Waals surface area contributed by atoms with Crippen LogP contribution in [0.5, 0.6) is 0 Å². The lowest BCUT2D eigenvalue weighted by atomic mass is 9.77. The Balaban J connectivity index is 1.48. The first-order valence-corrected chi connectivity index (χ1v) is 9.01. The Morgan fingerprint density at radius 3 is 2.57 bits per heavy atom. The van der Waals surface area contributed by atoms with E-state index in [1.807, 2.05) is 0 Å². The highest BCUT2D eigenvalue weighted by Gasteiger charge is 2.40. The van der Waals surface area contributed by atoms with Gasteiger partial charge in [0.2, 0.25) is 0 Å². The molecule has 1 spiro atoms. The van der Waals surface area contributed by atoms with Crippen molar-refractivity contribution in [3.8, 4) is 0 Å². The van der Waals surface area contributed by atoms with Crippen LogP contribution < -0.4 is 5.73 Å². The number of hydrogen-bond acceptors (Lipinski definition) is 4. The van der Waals surface area contributed by atoms with E-state index in [1.165, 1.54) is 70.9 Å². The first-order valence-electron chi connectivity index (χ1n) is 9.01. The fourth-order valence-corrected chi connectivity index (χ4v) is 4.50. The van der Waals surface area contributed by atoms with Crippen LogP contribution >= 0.6 is 0 Å². The van der Waals surface area contributed by atoms with E-state index >= 15 is 0 Å². The van der Waals surface area contributed by atoms with Gasteiger partial charge in [0, 0.05) is 32.3 Å². The molecule has 1 aliphatic carbocycles. The second kappa shape index (κ2) is 7.40. The van der Waals surface area contributed by atoms with Crippen LogP contribution in [-0.4, -0.2) is 55.5 Å². The summed E-state index contributed by atoms with van der Waals surface area (Å²) in [6, 6.07) is 0.743. The van der Waals surface area contributed by atoms with Gasteiger partial charge in [-0.25, -0.2) is 0 Å². The molecule has 0 radical (unpaired) electrons. The molecule has 3 fully saturated rings. The van der Waals surface area contributed by atoms with Crippen molar-refractivity contribution in [3.63, 3.8) is 0 Å². The van der Waals surface area contributed by atoms with Crippen molar-refractivity contribution in [2.75, 3.05) is 32.8 Å². The van der Waals surface area contributed by atoms with E-state index < -0.39 is 0 Å². The first-order chi connectivity index (χ1) is 10.3. The molecular weight excluding hydrogens is 264 g/mol. The summed E-state index contributed by atoms with van der Waals surface area (Å²) in [5, 5.41) is 0. The SMILES string of the molecule is NCCOC1CCN(C2CCOC3(CCCCC3)C2)CC1. The Morgan fingerprint density at radius 2 is 1.86 bits per heavy atom. The van der Waals surface area contributed by atoms with Crippen molar-refractivity contribution in [1.29, 1.82) is 0 Å². The van der Waals surface area contributed by atoms with Gasteiger partial charge in [0.25, 0.3) is 0 Å². The highest BCUT2D eigenvalue weighted by molar-refractivity contribution is 4.93. The fraction of sp³-hybridized carbons (Fsp3) is 1.00. The summed E-state index contributed by atoms with van der Waals surface area (Å²) in [6.07, 6.45) is 12.0. The lowest BCUT2D eigenvalue weighted by molar-refractivity contribution is -0.128. The summed E-state index contributed by atoms with van der Waals surface area (Å²) in [5.41, 5.74) is 5.75. The van der Waals surface area contributed by atoms with Crippen LogP contribution in [0.4, 0.5) is 0 Å². The van der Waals surface area contributed by atoms with Crippen LogP contribution in [0.15, 0.2) is 0 Å². The Hall–Kier alpha value is -0.160. The molecule has 4 nitrogen and oxygen atoms in total. The van der Waals surface area contributed by atoms with Gasteiger partial charge in [-0.1, -0.05) is 19.3 Å². The number of ether oxygens (including phenoxy) is 2. The molecule has 0 aromatic carbocycles. The van der Waals surface area contributed by atoms with E-state index in [-0.39, 0.29) is 5.60 Å². The first kappa shape index (κ1) is 15.7. The van der Waals surface area contributed by atoms with Gasteiger partial charge in [-0.05, 0) is 38.5 Å². The van der Waals surface area contributed by atoms with Crippen molar-refractivity contribution in [3.05, 3.63) is 0 Å². The summed E-state index contributed by atoms with van der Waals surface area (Å²) in [6.45, 7) is 4.70. The summed E-state index contributed by atoms with van der Waals surface area (Å²) in [4.78, 5) is 2.71. The highest BCUT2D eigenvalue weighted by Crippen LogP contribution is 2.40. The van der Waals surface area contributed by atoms with Gasteiger partial charge in [-0.15, -0.1) is 0 Å². The number of nitrogens with zero attached hydrogens (tertiary/aromatic N) is 1. The zero-order valence-electron chi connectivity index (χ0n) is 13.4. The minimum Gasteiger partial charge on any atom is -0.377 e. The maximum Gasteiger partial charge on any atom is 0.0697 e. The Bertz CT molecular complexity index is 304. The molecule has 3 rings (SSSR count). The molecule has 0 aromatic heterocycles. The number of rotatable bonds is 4. The molecule has 2 heterocycles. The quantitative estimate of drug-likeness (QED) is 0.865. The van der Waals surface area contributed by atoms with Crippen molar-refractivity contribution >= 4 is 0 Å². The maximum atomic E-state index is 6.24. The third-order valence-electron chi connectivity index (χ3n) is 5.70. The van der Waals surface area contributed by atoms with E-state index in [9.17, 15) is 0 Å². The van der Waals surface area contributed by atoms with Gasteiger partial charge >= 0.3 is 0 Å². The Kier molecular flexibility index (Phi) is 5.54. The molecular formula is C17H32N2O2. The van der Waals surface area contributed by atoms with Gasteiger partial charge in [0.15, 0.2) is 0 Å². The highest BCUT2D eigenvalue weighted by atomic mass is 16.5. The molecule has 0 amide bonds. The number of hydrogen-bond donors (Lipinski definition) is 1. The smallest absolute Gasteiger partial charge is 0.0697 e. The summed E-state index contributed by atoms with van der Waals surface area (Å²) >= 11 is 0. The minimum absolute atomic E-state index is 0.230. The summed E-state index contributed by atoms with van der Waals surface area (Å²) in [7, 11) is 0. The van der Waals surface area contributed by atoms with Crippen LogP contribution in [0.2, 0.25) is 0 Å². The van der Waals surface area contributed by atoms with E-state index in [0.29, 0.717) is 19.3 Å². The molecule has 1 unspecified atom stereocenters. The van der Waals surface area contributed by atoms with Crippen LogP contribution in [0.1, 0.15) is 57.8 Å². The molecule has 4 heteroatoms. The van der Waals surface area contributed by atoms with Gasteiger partial charge in [-0.3, -0.25) is 4.90 Å². The topological polar surface area (TPSA) is 47.7 Å². The zero-order valence-corrected chi connectivity index (χ0v) is 13.4. The average Bonchev–Trinajstić information content (AvgIpc) is 2.54. The van der Waals surface area contributed by atoms with Gasteiger partial charge < -0.3 is 15.2 Å². The molecule has 2 saturated heterocycles. The number of piperidine rings is 1. The molecule has 2 N–H and O–H groups in total. The third-order valence-corrected chi connectivity index (χ3v) is 5.70. The predicted molar refractivity (Wildman–Crippen MR) is 84.4 cm³/mol.